The molecule has 1 atom stereocenters. The van der Waals surface area contributed by atoms with Gasteiger partial charge in [-0.05, 0) is 32.0 Å². The van der Waals surface area contributed by atoms with Crippen LogP contribution in [-0.4, -0.2) is 33.1 Å². The number of benzene rings is 1. The molecule has 3 heterocycles. The van der Waals surface area contributed by atoms with Gasteiger partial charge in [0.2, 0.25) is 5.91 Å². The van der Waals surface area contributed by atoms with Gasteiger partial charge >= 0.3 is 0 Å². The molecular weight excluding hydrogens is 404 g/mol. The van der Waals surface area contributed by atoms with Crippen molar-refractivity contribution in [3.63, 3.8) is 0 Å². The van der Waals surface area contributed by atoms with E-state index in [1.165, 1.54) is 0 Å². The molecule has 0 bridgehead atoms. The third-order valence-corrected chi connectivity index (χ3v) is 7.21. The van der Waals surface area contributed by atoms with Gasteiger partial charge in [0.1, 0.15) is 11.8 Å². The molecule has 7 nitrogen and oxygen atoms in total. The molecule has 10 heteroatoms. The Morgan fingerprint density at radius 3 is 3.00 bits per heavy atom. The number of aryl methyl sites for hydroxylation is 2. The van der Waals surface area contributed by atoms with Crippen LogP contribution in [0.4, 0.5) is 10.5 Å². The summed E-state index contributed by atoms with van der Waals surface area (Å²) in [6, 6.07) is 5.14. The number of nitrogens with one attached hydrogen (secondary N) is 2. The van der Waals surface area contributed by atoms with Crippen LogP contribution in [0.5, 0.6) is 0 Å². The highest BCUT2D eigenvalue weighted by Crippen LogP contribution is 2.34. The molecule has 0 saturated carbocycles. The summed E-state index contributed by atoms with van der Waals surface area (Å²) in [5, 5.41) is 9.32. The normalized spacial score (nSPS) is 16.7. The number of amides is 2. The number of fused-ring (bicyclic) bond motifs is 1. The molecule has 2 amide bonds. The van der Waals surface area contributed by atoms with Gasteiger partial charge in [-0.1, -0.05) is 28.7 Å². The van der Waals surface area contributed by atoms with Gasteiger partial charge in [0.05, 0.1) is 15.9 Å². The highest BCUT2D eigenvalue weighted by Gasteiger charge is 2.28. The number of aromatic nitrogens is 2. The van der Waals surface area contributed by atoms with Crippen molar-refractivity contribution in [2.75, 3.05) is 11.1 Å². The maximum absolute atomic E-state index is 12.2. The number of carbonyl (C=O) groups excluding carboxylic acids is 2. The molecule has 1 aromatic carbocycles. The van der Waals surface area contributed by atoms with Gasteiger partial charge in [-0.25, -0.2) is 4.98 Å². The molecule has 1 aliphatic rings. The Balaban J connectivity index is 1.45. The van der Waals surface area contributed by atoms with E-state index in [0.29, 0.717) is 11.4 Å². The average molecular weight is 421 g/mol. The third-order valence-electron chi connectivity index (χ3n) is 4.15. The second-order valence-electron chi connectivity index (χ2n) is 6.04. The second kappa shape index (κ2) is 7.53. The number of anilines is 1. The van der Waals surface area contributed by atoms with Gasteiger partial charge in [-0.15, -0.1) is 11.3 Å². The maximum Gasteiger partial charge on any atom is 0.279 e. The van der Waals surface area contributed by atoms with Gasteiger partial charge in [0.25, 0.3) is 5.24 Å². The summed E-state index contributed by atoms with van der Waals surface area (Å²) < 4.78 is 7.15. The fraction of sp³-hybridized carbons (Fsp3) is 0.294. The monoisotopic (exact) mass is 420 g/mol. The van der Waals surface area contributed by atoms with E-state index in [1.54, 1.807) is 23.1 Å². The van der Waals surface area contributed by atoms with Crippen LogP contribution >= 0.6 is 34.9 Å². The molecule has 2 N–H and O–H groups in total. The molecule has 0 spiro atoms. The summed E-state index contributed by atoms with van der Waals surface area (Å²) in [6.07, 6.45) is 0. The molecule has 1 unspecified atom stereocenters. The van der Waals surface area contributed by atoms with E-state index in [0.717, 1.165) is 49.1 Å². The van der Waals surface area contributed by atoms with Crippen molar-refractivity contribution >= 4 is 61.9 Å². The van der Waals surface area contributed by atoms with Gasteiger partial charge in [0.15, 0.2) is 4.34 Å². The topological polar surface area (TPSA) is 97.1 Å². The predicted octanol–water partition coefficient (Wildman–Crippen LogP) is 3.96. The Kier molecular flexibility index (Phi) is 5.11. The van der Waals surface area contributed by atoms with Gasteiger partial charge in [-0.3, -0.25) is 9.59 Å². The van der Waals surface area contributed by atoms with Crippen molar-refractivity contribution in [3.8, 4) is 0 Å². The minimum Gasteiger partial charge on any atom is -0.361 e. The lowest BCUT2D eigenvalue weighted by Gasteiger charge is -2.10. The molecule has 3 aromatic rings. The van der Waals surface area contributed by atoms with Crippen molar-refractivity contribution < 1.29 is 14.1 Å². The summed E-state index contributed by atoms with van der Waals surface area (Å²) in [4.78, 5) is 28.1. The van der Waals surface area contributed by atoms with Crippen LogP contribution in [0, 0.1) is 13.8 Å². The molecule has 1 saturated heterocycles. The lowest BCUT2D eigenvalue weighted by Crippen LogP contribution is -2.38. The van der Waals surface area contributed by atoms with Gasteiger partial charge in [0, 0.05) is 22.8 Å². The zero-order valence-electron chi connectivity index (χ0n) is 14.6. The van der Waals surface area contributed by atoms with Crippen molar-refractivity contribution in [2.24, 2.45) is 0 Å². The first kappa shape index (κ1) is 18.3. The van der Waals surface area contributed by atoms with E-state index in [2.05, 4.69) is 20.8 Å². The summed E-state index contributed by atoms with van der Waals surface area (Å²) in [6.45, 7) is 3.85. The second-order valence-corrected chi connectivity index (χ2v) is 9.28. The van der Waals surface area contributed by atoms with Crippen molar-refractivity contribution in [3.05, 3.63) is 35.2 Å². The van der Waals surface area contributed by atoms with Crippen molar-refractivity contribution in [1.29, 1.82) is 0 Å². The molecule has 0 radical (unpaired) electrons. The van der Waals surface area contributed by atoms with Gasteiger partial charge in [-0.2, -0.15) is 0 Å². The molecule has 140 valence electrons. The molecule has 4 rings (SSSR count). The van der Waals surface area contributed by atoms with E-state index >= 15 is 0 Å². The fourth-order valence-corrected chi connectivity index (χ4v) is 5.68. The Hall–Kier alpha value is -2.04. The number of hydrogen-bond acceptors (Lipinski definition) is 8. The van der Waals surface area contributed by atoms with Crippen LogP contribution in [-0.2, 0) is 10.5 Å². The highest BCUT2D eigenvalue weighted by molar-refractivity contribution is 8.14. The summed E-state index contributed by atoms with van der Waals surface area (Å²) >= 11 is 4.35. The van der Waals surface area contributed by atoms with Crippen LogP contribution in [0.3, 0.4) is 0 Å². The molecule has 0 aliphatic carbocycles. The Bertz CT molecular complexity index is 1010. The zero-order chi connectivity index (χ0) is 19.0. The summed E-state index contributed by atoms with van der Waals surface area (Å²) in [5.41, 5.74) is 3.60. The number of thioether (sulfide) groups is 2. The minimum atomic E-state index is -0.485. The number of carbonyl (C=O) groups is 2. The zero-order valence-corrected chi connectivity index (χ0v) is 17.0. The lowest BCUT2D eigenvalue weighted by atomic mass is 10.2. The first-order valence-electron chi connectivity index (χ1n) is 8.19. The van der Waals surface area contributed by atoms with E-state index in [4.69, 9.17) is 4.52 Å². The highest BCUT2D eigenvalue weighted by atomic mass is 32.2. The molecule has 1 aliphatic heterocycles. The van der Waals surface area contributed by atoms with E-state index in [-0.39, 0.29) is 11.1 Å². The number of rotatable bonds is 5. The van der Waals surface area contributed by atoms with Crippen LogP contribution < -0.4 is 10.6 Å². The third kappa shape index (κ3) is 3.97. The molecular formula is C17H16N4O3S3. The standard InChI is InChI=1S/C17H16N4O3S3/c1-8-11(9(2)24-21-8)6-26-17-20-12-4-3-10(5-14(12)27-17)18-15(22)13-7-25-16(23)19-13/h3-5,13H,6-7H2,1-2H3,(H,18,22)(H,19,23). The van der Waals surface area contributed by atoms with Crippen LogP contribution in [0.15, 0.2) is 27.1 Å². The number of hydrogen-bond donors (Lipinski definition) is 2. The first-order chi connectivity index (χ1) is 13.0. The van der Waals surface area contributed by atoms with Gasteiger partial charge < -0.3 is 15.2 Å². The van der Waals surface area contributed by atoms with E-state index in [1.807, 2.05) is 32.0 Å². The number of thiazole rings is 1. The van der Waals surface area contributed by atoms with Crippen LogP contribution in [0.1, 0.15) is 17.0 Å². The lowest BCUT2D eigenvalue weighted by molar-refractivity contribution is -0.117. The first-order valence-corrected chi connectivity index (χ1v) is 11.0. The van der Waals surface area contributed by atoms with Crippen molar-refractivity contribution in [1.82, 2.24) is 15.5 Å². The molecule has 2 aromatic heterocycles. The molecule has 27 heavy (non-hydrogen) atoms. The van der Waals surface area contributed by atoms with Crippen LogP contribution in [0.2, 0.25) is 0 Å². The minimum absolute atomic E-state index is 0.159. The largest absolute Gasteiger partial charge is 0.361 e. The van der Waals surface area contributed by atoms with Crippen LogP contribution in [0.25, 0.3) is 10.2 Å². The Morgan fingerprint density at radius 2 is 2.30 bits per heavy atom. The summed E-state index contributed by atoms with van der Waals surface area (Å²) in [7, 11) is 0. The quantitative estimate of drug-likeness (QED) is 0.603. The molecule has 1 fully saturated rings. The SMILES string of the molecule is Cc1noc(C)c1CSc1nc2ccc(NC(=O)C3CSC(=O)N3)cc2s1. The maximum atomic E-state index is 12.2. The predicted molar refractivity (Wildman–Crippen MR) is 109 cm³/mol. The van der Waals surface area contributed by atoms with E-state index in [9.17, 15) is 9.59 Å². The number of nitrogens with zero attached hydrogens (tertiary/aromatic N) is 2. The fourth-order valence-electron chi connectivity index (χ4n) is 2.64. The average Bonchev–Trinajstić information content (AvgIpc) is 3.32. The summed E-state index contributed by atoms with van der Waals surface area (Å²) in [5.74, 6) is 1.84. The van der Waals surface area contributed by atoms with E-state index < -0.39 is 6.04 Å². The Morgan fingerprint density at radius 1 is 1.44 bits per heavy atom. The Labute approximate surface area is 167 Å². The van der Waals surface area contributed by atoms with Crippen molar-refractivity contribution in [2.45, 2.75) is 30.0 Å². The smallest absolute Gasteiger partial charge is 0.279 e.